The van der Waals surface area contributed by atoms with Gasteiger partial charge in [-0.15, -0.1) is 0 Å². The summed E-state index contributed by atoms with van der Waals surface area (Å²) in [5.41, 5.74) is 2.90. The number of nitrogens with zero attached hydrogens (tertiary/aromatic N) is 3. The molecule has 0 radical (unpaired) electrons. The van der Waals surface area contributed by atoms with Crippen LogP contribution in [0.3, 0.4) is 0 Å². The molecule has 0 spiro atoms. The molecular weight excluding hydrogens is 486 g/mol. The van der Waals surface area contributed by atoms with Crippen LogP contribution in [-0.4, -0.2) is 15.0 Å². The second-order valence-electron chi connectivity index (χ2n) is 10.1. The highest BCUT2D eigenvalue weighted by Gasteiger charge is 2.14. The number of hydrogen-bond acceptors (Lipinski definition) is 3. The van der Waals surface area contributed by atoms with E-state index in [1.807, 2.05) is 30.3 Å². The van der Waals surface area contributed by atoms with Crippen LogP contribution >= 0.6 is 0 Å². The van der Waals surface area contributed by atoms with Gasteiger partial charge in [0.25, 0.3) is 0 Å². The van der Waals surface area contributed by atoms with Crippen LogP contribution in [0, 0.1) is 0 Å². The first kappa shape index (κ1) is 22.6. The van der Waals surface area contributed by atoms with Gasteiger partial charge in [0.1, 0.15) is 0 Å². The Morgan fingerprint density at radius 1 is 0.275 bits per heavy atom. The third kappa shape index (κ3) is 3.79. The molecule has 1 aromatic heterocycles. The molecule has 7 aromatic carbocycles. The van der Waals surface area contributed by atoms with Gasteiger partial charge < -0.3 is 0 Å². The number of rotatable bonds is 3. The Labute approximate surface area is 231 Å². The van der Waals surface area contributed by atoms with Gasteiger partial charge in [-0.3, -0.25) is 0 Å². The van der Waals surface area contributed by atoms with Crippen molar-refractivity contribution in [1.29, 1.82) is 0 Å². The zero-order valence-electron chi connectivity index (χ0n) is 21.6. The van der Waals surface area contributed by atoms with Crippen molar-refractivity contribution in [2.75, 3.05) is 0 Å². The summed E-state index contributed by atoms with van der Waals surface area (Å²) in [6, 6.07) is 48.8. The minimum atomic E-state index is 0.664. The predicted molar refractivity (Wildman–Crippen MR) is 166 cm³/mol. The normalized spacial score (nSPS) is 11.5. The van der Waals surface area contributed by atoms with E-state index in [4.69, 9.17) is 15.0 Å². The molecule has 0 aliphatic carbocycles. The lowest BCUT2D eigenvalue weighted by atomic mass is 9.96. The lowest BCUT2D eigenvalue weighted by Gasteiger charge is -2.11. The molecule has 186 valence electrons. The van der Waals surface area contributed by atoms with E-state index in [1.54, 1.807) is 0 Å². The predicted octanol–water partition coefficient (Wildman–Crippen LogP) is 9.49. The Bertz CT molecular complexity index is 2220. The summed E-state index contributed by atoms with van der Waals surface area (Å²) >= 11 is 0. The molecule has 1 heterocycles. The van der Waals surface area contributed by atoms with Crippen LogP contribution in [0.2, 0.25) is 0 Å². The number of benzene rings is 7. The topological polar surface area (TPSA) is 38.7 Å². The van der Waals surface area contributed by atoms with Gasteiger partial charge in [0.05, 0.1) is 0 Å². The maximum atomic E-state index is 5.02. The molecule has 0 saturated heterocycles. The Morgan fingerprint density at radius 3 is 1.52 bits per heavy atom. The molecule has 0 N–H and O–H groups in total. The zero-order valence-corrected chi connectivity index (χ0v) is 21.6. The Hall–Kier alpha value is -5.41. The van der Waals surface area contributed by atoms with Gasteiger partial charge in [-0.05, 0) is 55.2 Å². The third-order valence-corrected chi connectivity index (χ3v) is 7.68. The largest absolute Gasteiger partial charge is 0.208 e. The molecule has 0 amide bonds. The highest BCUT2D eigenvalue weighted by molar-refractivity contribution is 6.17. The fraction of sp³-hybridized carbons (Fsp3) is 0. The first-order chi connectivity index (χ1) is 19.8. The monoisotopic (exact) mass is 509 g/mol. The number of fused-ring (bicyclic) bond motifs is 6. The van der Waals surface area contributed by atoms with Crippen molar-refractivity contribution in [1.82, 2.24) is 15.0 Å². The summed E-state index contributed by atoms with van der Waals surface area (Å²) in [5.74, 6) is 1.99. The van der Waals surface area contributed by atoms with E-state index in [9.17, 15) is 0 Å². The molecule has 3 heteroatoms. The van der Waals surface area contributed by atoms with Crippen LogP contribution in [0.4, 0.5) is 0 Å². The summed E-state index contributed by atoms with van der Waals surface area (Å²) in [4.78, 5) is 14.9. The van der Waals surface area contributed by atoms with E-state index in [1.165, 1.54) is 37.7 Å². The molecule has 0 bridgehead atoms. The van der Waals surface area contributed by atoms with Crippen molar-refractivity contribution in [3.05, 3.63) is 140 Å². The molecule has 8 rings (SSSR count). The maximum absolute atomic E-state index is 5.02. The van der Waals surface area contributed by atoms with Crippen molar-refractivity contribution in [3.63, 3.8) is 0 Å². The SMILES string of the molecule is c1ccc(-c2nc(-c3ccc4ccccc4c3)nc(-c3ccc4ccc5c6ccccc6ccc5c4c3)n2)cc1. The van der Waals surface area contributed by atoms with Crippen LogP contribution in [-0.2, 0) is 0 Å². The Kier molecular flexibility index (Phi) is 5.14. The molecule has 0 atom stereocenters. The average Bonchev–Trinajstić information content (AvgIpc) is 3.04. The molecule has 0 unspecified atom stereocenters. The first-order valence-corrected chi connectivity index (χ1v) is 13.5. The van der Waals surface area contributed by atoms with E-state index < -0.39 is 0 Å². The van der Waals surface area contributed by atoms with Gasteiger partial charge in [0.15, 0.2) is 17.5 Å². The fourth-order valence-electron chi connectivity index (χ4n) is 5.64. The molecule has 40 heavy (non-hydrogen) atoms. The van der Waals surface area contributed by atoms with Gasteiger partial charge >= 0.3 is 0 Å². The minimum Gasteiger partial charge on any atom is -0.208 e. The third-order valence-electron chi connectivity index (χ3n) is 7.68. The van der Waals surface area contributed by atoms with E-state index in [2.05, 4.69) is 109 Å². The van der Waals surface area contributed by atoms with E-state index in [0.717, 1.165) is 22.1 Å². The van der Waals surface area contributed by atoms with Gasteiger partial charge in [0, 0.05) is 16.7 Å². The van der Waals surface area contributed by atoms with E-state index in [-0.39, 0.29) is 0 Å². The summed E-state index contributed by atoms with van der Waals surface area (Å²) in [6.07, 6.45) is 0. The Morgan fingerprint density at radius 2 is 0.775 bits per heavy atom. The van der Waals surface area contributed by atoms with Crippen LogP contribution in [0.5, 0.6) is 0 Å². The van der Waals surface area contributed by atoms with Crippen molar-refractivity contribution in [3.8, 4) is 34.2 Å². The standard InChI is InChI=1S/C37H23N3/c1-2-10-27(11-3-1)35-38-36(29-16-14-24-8-4-5-12-28(24)22-29)40-37(39-35)30-17-15-26-19-20-32-31-13-7-6-9-25(31)18-21-33(32)34(26)23-30/h1-23H. The maximum Gasteiger partial charge on any atom is 0.164 e. The highest BCUT2D eigenvalue weighted by atomic mass is 15.0. The molecule has 0 aliphatic rings. The van der Waals surface area contributed by atoms with Crippen molar-refractivity contribution < 1.29 is 0 Å². The summed E-state index contributed by atoms with van der Waals surface area (Å²) < 4.78 is 0. The van der Waals surface area contributed by atoms with Gasteiger partial charge in [-0.25, -0.2) is 15.0 Å². The number of hydrogen-bond donors (Lipinski definition) is 0. The molecule has 0 fully saturated rings. The van der Waals surface area contributed by atoms with Crippen LogP contribution in [0.1, 0.15) is 0 Å². The second-order valence-corrected chi connectivity index (χ2v) is 10.1. The van der Waals surface area contributed by atoms with Crippen LogP contribution < -0.4 is 0 Å². The highest BCUT2D eigenvalue weighted by Crippen LogP contribution is 2.34. The van der Waals surface area contributed by atoms with Gasteiger partial charge in [0.2, 0.25) is 0 Å². The fourth-order valence-corrected chi connectivity index (χ4v) is 5.64. The van der Waals surface area contributed by atoms with Gasteiger partial charge in [-0.2, -0.15) is 0 Å². The average molecular weight is 510 g/mol. The zero-order chi connectivity index (χ0) is 26.5. The van der Waals surface area contributed by atoms with E-state index in [0.29, 0.717) is 17.5 Å². The van der Waals surface area contributed by atoms with Crippen LogP contribution in [0.15, 0.2) is 140 Å². The number of aromatic nitrogens is 3. The lowest BCUT2D eigenvalue weighted by Crippen LogP contribution is -2.00. The summed E-state index contributed by atoms with van der Waals surface area (Å²) in [6.45, 7) is 0. The first-order valence-electron chi connectivity index (χ1n) is 13.5. The van der Waals surface area contributed by atoms with Crippen molar-refractivity contribution in [2.45, 2.75) is 0 Å². The van der Waals surface area contributed by atoms with Crippen molar-refractivity contribution in [2.24, 2.45) is 0 Å². The summed E-state index contributed by atoms with van der Waals surface area (Å²) in [7, 11) is 0. The van der Waals surface area contributed by atoms with Gasteiger partial charge in [-0.1, -0.05) is 127 Å². The molecule has 0 saturated carbocycles. The molecular formula is C37H23N3. The Balaban J connectivity index is 1.35. The second kappa shape index (κ2) is 9.11. The molecule has 0 aliphatic heterocycles. The molecule has 3 nitrogen and oxygen atoms in total. The molecule has 8 aromatic rings. The smallest absolute Gasteiger partial charge is 0.164 e. The van der Waals surface area contributed by atoms with E-state index >= 15 is 0 Å². The lowest BCUT2D eigenvalue weighted by molar-refractivity contribution is 1.08. The minimum absolute atomic E-state index is 0.664. The van der Waals surface area contributed by atoms with Crippen molar-refractivity contribution >= 4 is 43.1 Å². The summed E-state index contributed by atoms with van der Waals surface area (Å²) in [5, 5.41) is 9.72. The quantitative estimate of drug-likeness (QED) is 0.223. The van der Waals surface area contributed by atoms with Crippen LogP contribution in [0.25, 0.3) is 77.3 Å².